The van der Waals surface area contributed by atoms with Gasteiger partial charge in [0.2, 0.25) is 5.96 Å². The number of piperidine rings is 1. The summed E-state index contributed by atoms with van der Waals surface area (Å²) >= 11 is 12.0. The minimum absolute atomic E-state index is 0.0201. The fourth-order valence-corrected chi connectivity index (χ4v) is 5.85. The normalized spacial score (nSPS) is 16.9. The van der Waals surface area contributed by atoms with E-state index in [0.29, 0.717) is 31.0 Å². The number of benzene rings is 2. The highest BCUT2D eigenvalue weighted by atomic mass is 35.5. The largest absolute Gasteiger partial charge is 0.453 e. The second-order valence-electron chi connectivity index (χ2n) is 11.4. The first-order chi connectivity index (χ1) is 21.7. The van der Waals surface area contributed by atoms with Crippen molar-refractivity contribution in [3.05, 3.63) is 63.9 Å². The molecule has 1 heterocycles. The van der Waals surface area contributed by atoms with E-state index in [-0.39, 0.29) is 46.5 Å². The lowest BCUT2D eigenvalue weighted by Gasteiger charge is -2.37. The van der Waals surface area contributed by atoms with E-state index < -0.39 is 42.2 Å². The van der Waals surface area contributed by atoms with Gasteiger partial charge < -0.3 is 20.3 Å². The quantitative estimate of drug-likeness (QED) is 0.149. The van der Waals surface area contributed by atoms with E-state index in [0.717, 1.165) is 18.6 Å². The van der Waals surface area contributed by atoms with Crippen molar-refractivity contribution in [1.29, 1.82) is 0 Å². The number of guanidine groups is 1. The second-order valence-corrected chi connectivity index (χ2v) is 12.3. The van der Waals surface area contributed by atoms with E-state index in [1.165, 1.54) is 32.2 Å². The molecule has 0 aliphatic carbocycles. The molecule has 0 spiro atoms. The maximum Gasteiger partial charge on any atom is 0.429 e. The van der Waals surface area contributed by atoms with Gasteiger partial charge in [0, 0.05) is 53.4 Å². The number of alkyl halides is 3. The molecule has 0 saturated carbocycles. The van der Waals surface area contributed by atoms with Crippen LogP contribution in [0.5, 0.6) is 0 Å². The number of rotatable bonds is 10. The van der Waals surface area contributed by atoms with Gasteiger partial charge in [0.15, 0.2) is 0 Å². The zero-order valence-corrected chi connectivity index (χ0v) is 27.6. The summed E-state index contributed by atoms with van der Waals surface area (Å²) in [6.45, 7) is 6.42. The third kappa shape index (κ3) is 11.2. The Morgan fingerprint density at radius 1 is 1.09 bits per heavy atom. The fraction of sp³-hybridized carbons (Fsp3) is 0.500. The van der Waals surface area contributed by atoms with Crippen LogP contribution in [0.15, 0.2) is 52.4 Å². The third-order valence-corrected chi connectivity index (χ3v) is 8.52. The first-order valence-electron chi connectivity index (χ1n) is 15.0. The molecular weight excluding hydrogens is 649 g/mol. The van der Waals surface area contributed by atoms with E-state index in [1.807, 2.05) is 13.8 Å². The number of hydrogen-bond donors (Lipinski definition) is 2. The minimum atomic E-state index is -4.71. The highest BCUT2D eigenvalue weighted by Gasteiger charge is 2.38. The summed E-state index contributed by atoms with van der Waals surface area (Å²) < 4.78 is 61.7. The van der Waals surface area contributed by atoms with Crippen molar-refractivity contribution < 1.29 is 31.9 Å². The summed E-state index contributed by atoms with van der Waals surface area (Å²) in [6.07, 6.45) is -3.59. The molecule has 1 saturated heterocycles. The fourth-order valence-electron chi connectivity index (χ4n) is 5.44. The number of ether oxygens (including phenoxy) is 1. The molecule has 3 atom stereocenters. The molecular formula is C32H39Cl2F4N5O3. The van der Waals surface area contributed by atoms with Crippen LogP contribution < -0.4 is 10.6 Å². The Kier molecular flexibility index (Phi) is 13.7. The van der Waals surface area contributed by atoms with Crippen molar-refractivity contribution in [3.8, 4) is 0 Å². The number of halogens is 6. The van der Waals surface area contributed by atoms with E-state index in [4.69, 9.17) is 27.9 Å². The van der Waals surface area contributed by atoms with Crippen LogP contribution in [-0.4, -0.2) is 67.5 Å². The van der Waals surface area contributed by atoms with E-state index in [9.17, 15) is 27.2 Å². The van der Waals surface area contributed by atoms with Crippen LogP contribution >= 0.6 is 23.2 Å². The molecule has 14 heteroatoms. The van der Waals surface area contributed by atoms with Gasteiger partial charge in [-0.25, -0.2) is 9.18 Å². The number of nitrogens with zero attached hydrogens (tertiary/aromatic N) is 3. The maximum atomic E-state index is 14.3. The molecule has 3 rings (SSSR count). The van der Waals surface area contributed by atoms with Crippen molar-refractivity contribution in [3.63, 3.8) is 0 Å². The van der Waals surface area contributed by atoms with Gasteiger partial charge in [-0.05, 0) is 73.9 Å². The molecule has 0 aromatic heterocycles. The monoisotopic (exact) mass is 687 g/mol. The topological polar surface area (TPSA) is 95.4 Å². The van der Waals surface area contributed by atoms with Crippen molar-refractivity contribution in [1.82, 2.24) is 10.2 Å². The third-order valence-electron chi connectivity index (χ3n) is 8.07. The summed E-state index contributed by atoms with van der Waals surface area (Å²) in [5, 5.41) is 5.93. The zero-order valence-electron chi connectivity index (χ0n) is 26.1. The number of anilines is 1. The number of nitrogens with one attached hydrogen (secondary N) is 2. The van der Waals surface area contributed by atoms with Crippen LogP contribution in [0.25, 0.3) is 0 Å². The molecule has 252 valence electrons. The average molecular weight is 689 g/mol. The van der Waals surface area contributed by atoms with Crippen molar-refractivity contribution >= 4 is 52.6 Å². The molecule has 46 heavy (non-hydrogen) atoms. The van der Waals surface area contributed by atoms with E-state index in [1.54, 1.807) is 17.0 Å². The van der Waals surface area contributed by atoms with Crippen molar-refractivity contribution in [2.24, 2.45) is 27.7 Å². The lowest BCUT2D eigenvalue weighted by Crippen LogP contribution is -2.42. The molecule has 2 aromatic carbocycles. The number of carbonyl (C=O) groups is 2. The van der Waals surface area contributed by atoms with Crippen LogP contribution in [0.1, 0.15) is 56.8 Å². The Balaban J connectivity index is 1.82. The Hall–Kier alpha value is -3.38. The Labute approximate surface area is 276 Å². The molecule has 2 aromatic rings. The summed E-state index contributed by atoms with van der Waals surface area (Å²) in [5.41, 5.74) is -0.687. The summed E-state index contributed by atoms with van der Waals surface area (Å²) in [6, 6.07) is 8.67. The van der Waals surface area contributed by atoms with Gasteiger partial charge in [0.05, 0.1) is 7.11 Å². The van der Waals surface area contributed by atoms with Crippen LogP contribution in [0.2, 0.25) is 10.0 Å². The predicted octanol–water partition coefficient (Wildman–Crippen LogP) is 8.25. The van der Waals surface area contributed by atoms with Gasteiger partial charge >= 0.3 is 12.3 Å². The standard InChI is InChI=1S/C32H39Cl2F4N5O3/c1-5-19(2)27(21-9-11-43(12-10-21)31(45)46-4)18-39-28(32(36,37)38)13-20(3)40-30(41-26-16-24(34)15-25(35)17-26)42-29(44)22-7-6-8-23(33)14-22/h6-8,14-17,19-21,27H,5,9-13,18H2,1-4H3,(H2,40,41,42,44)/b39-28+. The molecule has 2 amide bonds. The molecule has 0 bridgehead atoms. The van der Waals surface area contributed by atoms with Crippen molar-refractivity contribution in [2.45, 2.75) is 58.7 Å². The first kappa shape index (κ1) is 37.1. The second kappa shape index (κ2) is 17.0. The maximum absolute atomic E-state index is 14.3. The molecule has 1 fully saturated rings. The van der Waals surface area contributed by atoms with Gasteiger partial charge in [-0.3, -0.25) is 9.79 Å². The zero-order chi connectivity index (χ0) is 34.0. The van der Waals surface area contributed by atoms with E-state index in [2.05, 4.69) is 20.6 Å². The SMILES string of the molecule is CCC(C)C(C/N=C(\CC(C)N/C(=N\C(=O)c1cccc(Cl)c1)Nc1cc(F)cc(Cl)c1)C(F)(F)F)C1CCN(C(=O)OC)CC1. The predicted molar refractivity (Wildman–Crippen MR) is 173 cm³/mol. The smallest absolute Gasteiger partial charge is 0.429 e. The molecule has 2 N–H and O–H groups in total. The van der Waals surface area contributed by atoms with Gasteiger partial charge in [-0.2, -0.15) is 18.2 Å². The lowest BCUT2D eigenvalue weighted by atomic mass is 9.76. The number of carbonyl (C=O) groups excluding carboxylic acids is 2. The highest BCUT2D eigenvalue weighted by molar-refractivity contribution is 6.31. The first-order valence-corrected chi connectivity index (χ1v) is 15.8. The van der Waals surface area contributed by atoms with Crippen LogP contribution in [0, 0.1) is 23.6 Å². The summed E-state index contributed by atoms with van der Waals surface area (Å²) in [4.78, 5) is 34.6. The number of aliphatic imine (C=N–C) groups is 2. The van der Waals surface area contributed by atoms with Crippen LogP contribution in [-0.2, 0) is 4.74 Å². The summed E-state index contributed by atoms with van der Waals surface area (Å²) in [5.74, 6) is -1.51. The molecule has 1 aliphatic heterocycles. The van der Waals surface area contributed by atoms with Crippen molar-refractivity contribution in [2.75, 3.05) is 32.1 Å². The number of methoxy groups -OCH3 is 1. The molecule has 0 radical (unpaired) electrons. The Morgan fingerprint density at radius 3 is 2.37 bits per heavy atom. The average Bonchev–Trinajstić information content (AvgIpc) is 2.99. The lowest BCUT2D eigenvalue weighted by molar-refractivity contribution is -0.0611. The van der Waals surface area contributed by atoms with Crippen LogP contribution in [0.3, 0.4) is 0 Å². The Morgan fingerprint density at radius 2 is 1.78 bits per heavy atom. The molecule has 1 aliphatic rings. The summed E-state index contributed by atoms with van der Waals surface area (Å²) in [7, 11) is 1.32. The number of hydrogen-bond acceptors (Lipinski definition) is 4. The van der Waals surface area contributed by atoms with Crippen LogP contribution in [0.4, 0.5) is 28.0 Å². The number of amides is 2. The van der Waals surface area contributed by atoms with Gasteiger partial charge in [-0.1, -0.05) is 49.5 Å². The molecule has 8 nitrogen and oxygen atoms in total. The van der Waals surface area contributed by atoms with Gasteiger partial charge in [-0.15, -0.1) is 0 Å². The number of likely N-dealkylation sites (tertiary alicyclic amines) is 1. The minimum Gasteiger partial charge on any atom is -0.453 e. The Bertz CT molecular complexity index is 1390. The molecule has 3 unspecified atom stereocenters. The highest BCUT2D eigenvalue weighted by Crippen LogP contribution is 2.33. The van der Waals surface area contributed by atoms with Gasteiger partial charge in [0.25, 0.3) is 5.91 Å². The van der Waals surface area contributed by atoms with Gasteiger partial charge in [0.1, 0.15) is 11.5 Å². The van der Waals surface area contributed by atoms with E-state index >= 15 is 0 Å².